The number of aromatic nitrogens is 4. The first kappa shape index (κ1) is 21.1. The molecule has 1 N–H and O–H groups in total. The number of hydrogen-bond acceptors (Lipinski definition) is 6. The number of thiophene rings is 1. The molecule has 0 aromatic carbocycles. The molecule has 0 saturated carbocycles. The summed E-state index contributed by atoms with van der Waals surface area (Å²) in [5.74, 6) is -0.185. The van der Waals surface area contributed by atoms with E-state index in [9.17, 15) is 9.59 Å². The van der Waals surface area contributed by atoms with E-state index in [2.05, 4.69) is 15.1 Å². The smallest absolute Gasteiger partial charge is 0.314 e. The second kappa shape index (κ2) is 9.01. The summed E-state index contributed by atoms with van der Waals surface area (Å²) in [5, 5.41) is 4.55. The molecule has 0 aliphatic heterocycles. The van der Waals surface area contributed by atoms with Crippen molar-refractivity contribution in [1.29, 1.82) is 0 Å². The van der Waals surface area contributed by atoms with E-state index in [0.717, 1.165) is 14.8 Å². The summed E-state index contributed by atoms with van der Waals surface area (Å²) < 4.78 is 7.36. The zero-order chi connectivity index (χ0) is 22.8. The van der Waals surface area contributed by atoms with Crippen LogP contribution in [0, 0.1) is 0 Å². The van der Waals surface area contributed by atoms with Crippen LogP contribution in [-0.2, 0) is 12.8 Å². The van der Waals surface area contributed by atoms with Crippen LogP contribution in [0.1, 0.15) is 21.1 Å². The van der Waals surface area contributed by atoms with Crippen molar-refractivity contribution >= 4 is 28.8 Å². The number of H-pyrrole nitrogens is 1. The van der Waals surface area contributed by atoms with Crippen molar-refractivity contribution in [2.75, 3.05) is 0 Å². The lowest BCUT2D eigenvalue weighted by Gasteiger charge is -2.04. The van der Waals surface area contributed by atoms with Gasteiger partial charge in [-0.25, -0.2) is 0 Å². The zero-order valence-corrected chi connectivity index (χ0v) is 18.8. The van der Waals surface area contributed by atoms with E-state index in [1.807, 2.05) is 30.3 Å². The molecule has 0 spiro atoms. The van der Waals surface area contributed by atoms with E-state index >= 15 is 0 Å². The number of aryl methyl sites for hydroxylation is 2. The van der Waals surface area contributed by atoms with Crippen molar-refractivity contribution in [2.24, 2.45) is 0 Å². The summed E-state index contributed by atoms with van der Waals surface area (Å²) in [5.41, 5.74) is 2.95. The van der Waals surface area contributed by atoms with E-state index in [4.69, 9.17) is 16.0 Å². The second-order valence-electron chi connectivity index (χ2n) is 7.31. The number of aromatic amines is 1. The Morgan fingerprint density at radius 2 is 2.00 bits per heavy atom. The number of nitrogens with one attached hydrogen (secondary N) is 1. The SMILES string of the molecule is O=C(c1ccco1)n1nc(-c2cc(-c3cccnc3)[nH]c(=O)c2)cc1CCc1ccc(Cl)s1. The Balaban J connectivity index is 1.55. The molecule has 0 bridgehead atoms. The van der Waals surface area contributed by atoms with Crippen LogP contribution in [0.3, 0.4) is 0 Å². The van der Waals surface area contributed by atoms with Crippen LogP contribution in [0.4, 0.5) is 0 Å². The van der Waals surface area contributed by atoms with Crippen LogP contribution < -0.4 is 5.56 Å². The van der Waals surface area contributed by atoms with Gasteiger partial charge in [0.05, 0.1) is 22.0 Å². The molecule has 7 nitrogen and oxygen atoms in total. The van der Waals surface area contributed by atoms with Crippen molar-refractivity contribution in [2.45, 2.75) is 12.8 Å². The molecule has 5 aromatic rings. The molecule has 33 heavy (non-hydrogen) atoms. The number of rotatable bonds is 6. The number of hydrogen-bond donors (Lipinski definition) is 1. The van der Waals surface area contributed by atoms with Gasteiger partial charge in [-0.05, 0) is 61.4 Å². The molecule has 0 unspecified atom stereocenters. The highest BCUT2D eigenvalue weighted by Crippen LogP contribution is 2.26. The van der Waals surface area contributed by atoms with Crippen LogP contribution in [0.2, 0.25) is 4.34 Å². The lowest BCUT2D eigenvalue weighted by atomic mass is 10.1. The fraction of sp³-hybridized carbons (Fsp3) is 0.0833. The van der Waals surface area contributed by atoms with E-state index in [0.29, 0.717) is 35.5 Å². The molecule has 5 aromatic heterocycles. The summed E-state index contributed by atoms with van der Waals surface area (Å²) >= 11 is 7.56. The van der Waals surface area contributed by atoms with Gasteiger partial charge < -0.3 is 9.40 Å². The van der Waals surface area contributed by atoms with Gasteiger partial charge in [0.15, 0.2) is 5.76 Å². The molecular weight excluding hydrogens is 460 g/mol. The van der Waals surface area contributed by atoms with Crippen molar-refractivity contribution in [3.63, 3.8) is 0 Å². The number of carbonyl (C=O) groups is 1. The van der Waals surface area contributed by atoms with E-state index in [1.165, 1.54) is 28.3 Å². The van der Waals surface area contributed by atoms with Crippen LogP contribution in [0.25, 0.3) is 22.5 Å². The monoisotopic (exact) mass is 476 g/mol. The first-order valence-corrected chi connectivity index (χ1v) is 11.3. The van der Waals surface area contributed by atoms with E-state index in [-0.39, 0.29) is 17.2 Å². The highest BCUT2D eigenvalue weighted by atomic mass is 35.5. The Kier molecular flexibility index (Phi) is 5.77. The van der Waals surface area contributed by atoms with E-state index < -0.39 is 0 Å². The molecule has 164 valence electrons. The minimum Gasteiger partial charge on any atom is -0.459 e. The van der Waals surface area contributed by atoms with Gasteiger partial charge in [0.25, 0.3) is 0 Å². The fourth-order valence-electron chi connectivity index (χ4n) is 3.53. The molecule has 0 amide bonds. The highest BCUT2D eigenvalue weighted by molar-refractivity contribution is 7.16. The van der Waals surface area contributed by atoms with Gasteiger partial charge in [-0.3, -0.25) is 14.6 Å². The third-order valence-electron chi connectivity index (χ3n) is 5.08. The van der Waals surface area contributed by atoms with Gasteiger partial charge in [-0.1, -0.05) is 11.6 Å². The average Bonchev–Trinajstić information content (AvgIpc) is 3.58. The maximum atomic E-state index is 13.1. The maximum absolute atomic E-state index is 13.1. The molecule has 5 rings (SSSR count). The average molecular weight is 477 g/mol. The van der Waals surface area contributed by atoms with Crippen LogP contribution in [0.5, 0.6) is 0 Å². The number of halogens is 1. The number of carbonyl (C=O) groups excluding carboxylic acids is 1. The zero-order valence-electron chi connectivity index (χ0n) is 17.2. The third-order valence-corrected chi connectivity index (χ3v) is 6.37. The second-order valence-corrected chi connectivity index (χ2v) is 9.11. The third kappa shape index (κ3) is 4.57. The Hall–Kier alpha value is -3.75. The number of furan rings is 1. The summed E-state index contributed by atoms with van der Waals surface area (Å²) in [4.78, 5) is 33.5. The minimum atomic E-state index is -0.372. The molecule has 0 aliphatic rings. The van der Waals surface area contributed by atoms with Crippen molar-refractivity contribution in [3.8, 4) is 22.5 Å². The van der Waals surface area contributed by atoms with Crippen LogP contribution >= 0.6 is 22.9 Å². The van der Waals surface area contributed by atoms with E-state index in [1.54, 1.807) is 30.6 Å². The normalized spacial score (nSPS) is 11.1. The summed E-state index contributed by atoms with van der Waals surface area (Å²) in [7, 11) is 0. The molecule has 0 aliphatic carbocycles. The van der Waals surface area contributed by atoms with Gasteiger partial charge in [0, 0.05) is 40.2 Å². The van der Waals surface area contributed by atoms with Gasteiger partial charge in [0.2, 0.25) is 5.56 Å². The molecule has 5 heterocycles. The lowest BCUT2D eigenvalue weighted by Crippen LogP contribution is -2.16. The first-order chi connectivity index (χ1) is 16.1. The standard InChI is InChI=1S/C24H17ClN4O3S/c25-22-8-7-18(33-22)6-5-17-13-20(28-29(17)24(31)21-4-2-10-32-21)16-11-19(27-23(30)12-16)15-3-1-9-26-14-15/h1-4,7-14H,5-6H2,(H,27,30). The number of nitrogens with zero attached hydrogens (tertiary/aromatic N) is 3. The summed E-state index contributed by atoms with van der Waals surface area (Å²) in [6, 6.07) is 15.9. The molecule has 0 saturated heterocycles. The Bertz CT molecular complexity index is 1470. The molecule has 0 fully saturated rings. The maximum Gasteiger partial charge on any atom is 0.314 e. The molecule has 0 atom stereocenters. The quantitative estimate of drug-likeness (QED) is 0.368. The van der Waals surface area contributed by atoms with Crippen molar-refractivity contribution in [3.05, 3.63) is 104 Å². The largest absolute Gasteiger partial charge is 0.459 e. The highest BCUT2D eigenvalue weighted by Gasteiger charge is 2.20. The Morgan fingerprint density at radius 1 is 1.09 bits per heavy atom. The van der Waals surface area contributed by atoms with Gasteiger partial charge in [0.1, 0.15) is 0 Å². The lowest BCUT2D eigenvalue weighted by molar-refractivity contribution is 0.0914. The van der Waals surface area contributed by atoms with Crippen LogP contribution in [-0.4, -0.2) is 25.7 Å². The van der Waals surface area contributed by atoms with Crippen molar-refractivity contribution < 1.29 is 9.21 Å². The molecule has 0 radical (unpaired) electrons. The van der Waals surface area contributed by atoms with Crippen molar-refractivity contribution in [1.82, 2.24) is 19.7 Å². The van der Waals surface area contributed by atoms with Gasteiger partial charge >= 0.3 is 5.91 Å². The molecular formula is C24H17ClN4O3S. The van der Waals surface area contributed by atoms with Gasteiger partial charge in [-0.15, -0.1) is 11.3 Å². The fourth-order valence-corrected chi connectivity index (χ4v) is 4.61. The predicted molar refractivity (Wildman–Crippen MR) is 127 cm³/mol. The van der Waals surface area contributed by atoms with Crippen LogP contribution in [0.15, 0.2) is 82.5 Å². The summed E-state index contributed by atoms with van der Waals surface area (Å²) in [6.07, 6.45) is 6.05. The predicted octanol–water partition coefficient (Wildman–Crippen LogP) is 5.08. The molecule has 9 heteroatoms. The Labute approximate surface area is 197 Å². The topological polar surface area (TPSA) is 93.8 Å². The summed E-state index contributed by atoms with van der Waals surface area (Å²) in [6.45, 7) is 0. The van der Waals surface area contributed by atoms with Gasteiger partial charge in [-0.2, -0.15) is 9.78 Å². The minimum absolute atomic E-state index is 0.187. The first-order valence-electron chi connectivity index (χ1n) is 10.1. The number of pyridine rings is 2. The Morgan fingerprint density at radius 3 is 2.73 bits per heavy atom.